The molecule has 0 aliphatic rings. The molecule has 0 aliphatic carbocycles. The summed E-state index contributed by atoms with van der Waals surface area (Å²) >= 11 is 0. The number of benzene rings is 1. The van der Waals surface area contributed by atoms with Crippen molar-refractivity contribution in [3.05, 3.63) is 34.5 Å². The first-order chi connectivity index (χ1) is 8.99. The fraction of sp³-hybridized carbons (Fsp3) is 0.364. The van der Waals surface area contributed by atoms with Gasteiger partial charge in [-0.15, -0.1) is 0 Å². The van der Waals surface area contributed by atoms with E-state index >= 15 is 0 Å². The van der Waals surface area contributed by atoms with Gasteiger partial charge < -0.3 is 9.84 Å². The second kappa shape index (κ2) is 5.19. The van der Waals surface area contributed by atoms with Crippen LogP contribution in [0.3, 0.4) is 0 Å². The zero-order valence-corrected chi connectivity index (χ0v) is 10.4. The van der Waals surface area contributed by atoms with E-state index in [0.29, 0.717) is 0 Å². The number of hydrogen-bond donors (Lipinski definition) is 1. The third-order valence-electron chi connectivity index (χ3n) is 2.35. The molecule has 0 aliphatic heterocycles. The molecular weight excluding hydrogens is 255 g/mol. The van der Waals surface area contributed by atoms with Crippen LogP contribution in [0.4, 0.5) is 4.39 Å². The highest BCUT2D eigenvalue weighted by molar-refractivity contribution is 5.45. The minimum Gasteiger partial charge on any atom is -0.489 e. The Morgan fingerprint density at radius 1 is 1.47 bits per heavy atom. The monoisotopic (exact) mass is 268 g/mol. The van der Waals surface area contributed by atoms with Crippen molar-refractivity contribution in [1.82, 2.24) is 19.8 Å². The molecule has 1 N–H and O–H groups in total. The van der Waals surface area contributed by atoms with E-state index in [4.69, 9.17) is 4.74 Å². The van der Waals surface area contributed by atoms with Gasteiger partial charge in [0.2, 0.25) is 0 Å². The molecule has 8 heteroatoms. The average Bonchev–Trinajstić information content (AvgIpc) is 2.68. The molecule has 0 unspecified atom stereocenters. The van der Waals surface area contributed by atoms with Crippen molar-refractivity contribution in [3.63, 3.8) is 0 Å². The lowest BCUT2D eigenvalue weighted by Crippen LogP contribution is -2.23. The Balaban J connectivity index is 2.45. The molecule has 102 valence electrons. The summed E-state index contributed by atoms with van der Waals surface area (Å²) in [7, 11) is 1.45. The second-order valence-electron chi connectivity index (χ2n) is 4.07. The number of aliphatic hydroxyl groups is 1. The molecule has 0 amide bonds. The van der Waals surface area contributed by atoms with Crippen LogP contribution < -0.4 is 10.4 Å². The predicted molar refractivity (Wildman–Crippen MR) is 63.7 cm³/mol. The minimum absolute atomic E-state index is 0.0224. The molecule has 2 aromatic rings. The maximum absolute atomic E-state index is 13.2. The van der Waals surface area contributed by atoms with Gasteiger partial charge in [-0.3, -0.25) is 0 Å². The summed E-state index contributed by atoms with van der Waals surface area (Å²) in [6.07, 6.45) is -0.713. The molecule has 19 heavy (non-hydrogen) atoms. The standard InChI is InChI=1S/C11H13FN4O3/c1-7(17)6-19-10-5-8(12)3-4-9(10)16-11(18)15(2)13-14-16/h3-5,7,17H,6H2,1-2H3/t7-/m0/s1. The van der Waals surface area contributed by atoms with Crippen LogP contribution in [0.15, 0.2) is 23.0 Å². The van der Waals surface area contributed by atoms with E-state index in [2.05, 4.69) is 10.4 Å². The van der Waals surface area contributed by atoms with E-state index in [1.807, 2.05) is 0 Å². The van der Waals surface area contributed by atoms with Gasteiger partial charge in [0.15, 0.2) is 0 Å². The molecule has 0 bridgehead atoms. The summed E-state index contributed by atoms with van der Waals surface area (Å²) < 4.78 is 20.5. The maximum Gasteiger partial charge on any atom is 0.368 e. The first-order valence-electron chi connectivity index (χ1n) is 5.59. The lowest BCUT2D eigenvalue weighted by molar-refractivity contribution is 0.122. The van der Waals surface area contributed by atoms with Gasteiger partial charge >= 0.3 is 5.69 Å². The minimum atomic E-state index is -0.713. The zero-order valence-electron chi connectivity index (χ0n) is 10.4. The van der Waals surface area contributed by atoms with Crippen molar-refractivity contribution in [1.29, 1.82) is 0 Å². The second-order valence-corrected chi connectivity index (χ2v) is 4.07. The lowest BCUT2D eigenvalue weighted by atomic mass is 10.3. The predicted octanol–water partition coefficient (Wildman–Crippen LogP) is -0.135. The van der Waals surface area contributed by atoms with E-state index in [0.717, 1.165) is 15.4 Å². The fourth-order valence-corrected chi connectivity index (χ4v) is 1.45. The molecule has 1 aromatic heterocycles. The van der Waals surface area contributed by atoms with E-state index < -0.39 is 17.6 Å². The number of aliphatic hydroxyl groups excluding tert-OH is 1. The van der Waals surface area contributed by atoms with Crippen LogP contribution in [0.5, 0.6) is 5.75 Å². The molecule has 0 saturated carbocycles. The third-order valence-corrected chi connectivity index (χ3v) is 2.35. The number of aromatic nitrogens is 4. The molecule has 0 spiro atoms. The topological polar surface area (TPSA) is 82.2 Å². The smallest absolute Gasteiger partial charge is 0.368 e. The summed E-state index contributed by atoms with van der Waals surface area (Å²) in [5, 5.41) is 16.4. The summed E-state index contributed by atoms with van der Waals surface area (Å²) in [5.74, 6) is -0.398. The molecule has 0 radical (unpaired) electrons. The summed E-state index contributed by atoms with van der Waals surface area (Å²) in [6, 6.07) is 3.67. The molecule has 0 saturated heterocycles. The Bertz CT molecular complexity index is 635. The Kier molecular flexibility index (Phi) is 3.61. The number of ether oxygens (including phenoxy) is 1. The van der Waals surface area contributed by atoms with Crippen LogP contribution in [-0.4, -0.2) is 37.6 Å². The Labute approximate surface area is 107 Å². The first kappa shape index (κ1) is 13.2. The maximum atomic E-state index is 13.2. The number of hydrogen-bond acceptors (Lipinski definition) is 5. The van der Waals surface area contributed by atoms with Gasteiger partial charge in [0.05, 0.1) is 6.10 Å². The van der Waals surface area contributed by atoms with Crippen molar-refractivity contribution in [2.24, 2.45) is 7.05 Å². The third kappa shape index (κ3) is 2.79. The first-order valence-corrected chi connectivity index (χ1v) is 5.59. The van der Waals surface area contributed by atoms with E-state index in [9.17, 15) is 14.3 Å². The highest BCUT2D eigenvalue weighted by Crippen LogP contribution is 2.22. The zero-order chi connectivity index (χ0) is 14.0. The van der Waals surface area contributed by atoms with Crippen molar-refractivity contribution < 1.29 is 14.2 Å². The summed E-state index contributed by atoms with van der Waals surface area (Å²) in [6.45, 7) is 1.51. The summed E-state index contributed by atoms with van der Waals surface area (Å²) in [4.78, 5) is 11.7. The number of rotatable bonds is 4. The molecule has 1 aromatic carbocycles. The quantitative estimate of drug-likeness (QED) is 0.835. The van der Waals surface area contributed by atoms with Crippen LogP contribution in [0.25, 0.3) is 5.69 Å². The van der Waals surface area contributed by atoms with Crippen LogP contribution in [0.1, 0.15) is 6.92 Å². The van der Waals surface area contributed by atoms with Gasteiger partial charge in [-0.25, -0.2) is 9.18 Å². The van der Waals surface area contributed by atoms with Crippen molar-refractivity contribution >= 4 is 0 Å². The molecule has 7 nitrogen and oxygen atoms in total. The van der Waals surface area contributed by atoms with E-state index in [-0.39, 0.29) is 18.0 Å². The van der Waals surface area contributed by atoms with Gasteiger partial charge in [0.25, 0.3) is 0 Å². The molecule has 0 fully saturated rings. The lowest BCUT2D eigenvalue weighted by Gasteiger charge is -2.11. The van der Waals surface area contributed by atoms with Crippen LogP contribution in [0.2, 0.25) is 0 Å². The van der Waals surface area contributed by atoms with E-state index in [1.54, 1.807) is 0 Å². The Morgan fingerprint density at radius 2 is 2.21 bits per heavy atom. The van der Waals surface area contributed by atoms with Gasteiger partial charge in [-0.05, 0) is 29.5 Å². The number of nitrogens with zero attached hydrogens (tertiary/aromatic N) is 4. The van der Waals surface area contributed by atoms with Crippen LogP contribution >= 0.6 is 0 Å². The van der Waals surface area contributed by atoms with Gasteiger partial charge in [-0.1, -0.05) is 0 Å². The molecular formula is C11H13FN4O3. The van der Waals surface area contributed by atoms with Gasteiger partial charge in [-0.2, -0.15) is 9.36 Å². The molecule has 1 atom stereocenters. The molecule has 2 rings (SSSR count). The number of aryl methyl sites for hydroxylation is 1. The normalized spacial score (nSPS) is 12.4. The fourth-order valence-electron chi connectivity index (χ4n) is 1.45. The van der Waals surface area contributed by atoms with Gasteiger partial charge in [0.1, 0.15) is 23.9 Å². The van der Waals surface area contributed by atoms with Crippen molar-refractivity contribution in [2.45, 2.75) is 13.0 Å². The Hall–Kier alpha value is -2.22. The highest BCUT2D eigenvalue weighted by Gasteiger charge is 2.13. The Morgan fingerprint density at radius 3 is 2.79 bits per heavy atom. The van der Waals surface area contributed by atoms with Crippen LogP contribution in [-0.2, 0) is 7.05 Å². The number of halogens is 1. The van der Waals surface area contributed by atoms with E-state index in [1.165, 1.54) is 26.1 Å². The largest absolute Gasteiger partial charge is 0.489 e. The SMILES string of the molecule is C[C@H](O)COc1cc(F)ccc1-n1nnn(C)c1=O. The van der Waals surface area contributed by atoms with Crippen LogP contribution in [0, 0.1) is 5.82 Å². The van der Waals surface area contributed by atoms with Crippen molar-refractivity contribution in [2.75, 3.05) is 6.61 Å². The summed E-state index contributed by atoms with van der Waals surface area (Å²) in [5.41, 5.74) is -0.214. The number of tetrazole rings is 1. The highest BCUT2D eigenvalue weighted by atomic mass is 19.1. The average molecular weight is 268 g/mol. The van der Waals surface area contributed by atoms with Gasteiger partial charge in [0, 0.05) is 13.1 Å². The molecule has 1 heterocycles. The van der Waals surface area contributed by atoms with Crippen molar-refractivity contribution in [3.8, 4) is 11.4 Å².